The number of nitrogens with one attached hydrogen (secondary N) is 1. The van der Waals surface area contributed by atoms with Gasteiger partial charge in [0.25, 0.3) is 0 Å². The number of nitrogens with zero attached hydrogens (tertiary/aromatic N) is 3. The maximum absolute atomic E-state index is 11.0. The van der Waals surface area contributed by atoms with E-state index in [0.717, 1.165) is 5.69 Å². The van der Waals surface area contributed by atoms with Gasteiger partial charge in [0, 0.05) is 18.7 Å². The second-order valence-electron chi connectivity index (χ2n) is 3.67. The molecule has 0 amide bonds. The minimum absolute atomic E-state index is 0.145. The van der Waals surface area contributed by atoms with Crippen LogP contribution in [0.15, 0.2) is 23.0 Å². The van der Waals surface area contributed by atoms with Crippen LogP contribution in [0.2, 0.25) is 0 Å². The van der Waals surface area contributed by atoms with E-state index in [1.807, 2.05) is 0 Å². The molecule has 0 atom stereocenters. The number of carboxylic acids is 1. The molecule has 0 aromatic carbocycles. The Hall–Kier alpha value is -2.44. The van der Waals surface area contributed by atoms with Crippen molar-refractivity contribution in [2.24, 2.45) is 0 Å². The lowest BCUT2D eigenvalue weighted by Gasteiger charge is -2.08. The highest BCUT2D eigenvalue weighted by Crippen LogP contribution is 2.13. The zero-order valence-electron chi connectivity index (χ0n) is 9.75. The zero-order valence-corrected chi connectivity index (χ0v) is 9.75. The van der Waals surface area contributed by atoms with Gasteiger partial charge in [-0.1, -0.05) is 5.16 Å². The Balaban J connectivity index is 2.03. The minimum Gasteiger partial charge on any atom is -0.478 e. The topological polar surface area (TPSA) is 101 Å². The highest BCUT2D eigenvalue weighted by atomic mass is 16.5. The number of aromatic carboxylic acids is 1. The third kappa shape index (κ3) is 2.82. The van der Waals surface area contributed by atoms with Crippen LogP contribution in [0.3, 0.4) is 0 Å². The first-order valence-corrected chi connectivity index (χ1v) is 5.37. The summed E-state index contributed by atoms with van der Waals surface area (Å²) in [6.45, 7) is 2.27. The second-order valence-corrected chi connectivity index (χ2v) is 3.67. The average molecular weight is 248 g/mol. The summed E-state index contributed by atoms with van der Waals surface area (Å²) in [6, 6.07) is 3.19. The molecular formula is C11H12N4O3. The number of anilines is 1. The lowest BCUT2D eigenvalue weighted by molar-refractivity contribution is 0.0697. The van der Waals surface area contributed by atoms with Crippen molar-refractivity contribution in [3.05, 3.63) is 35.6 Å². The number of carbonyl (C=O) groups is 1. The molecule has 18 heavy (non-hydrogen) atoms. The molecule has 0 fully saturated rings. The van der Waals surface area contributed by atoms with E-state index in [0.29, 0.717) is 24.7 Å². The Kier molecular flexibility index (Phi) is 3.52. The molecule has 0 saturated carbocycles. The molecule has 2 N–H and O–H groups in total. The smallest absolute Gasteiger partial charge is 0.339 e. The Morgan fingerprint density at radius 3 is 3.00 bits per heavy atom. The minimum atomic E-state index is -1.01. The molecule has 94 valence electrons. The van der Waals surface area contributed by atoms with Crippen molar-refractivity contribution in [3.8, 4) is 0 Å². The van der Waals surface area contributed by atoms with Crippen molar-refractivity contribution in [3.63, 3.8) is 0 Å². The molecule has 2 aromatic heterocycles. The molecule has 0 aliphatic heterocycles. The lowest BCUT2D eigenvalue weighted by Crippen LogP contribution is -2.11. The van der Waals surface area contributed by atoms with Gasteiger partial charge in [-0.05, 0) is 19.1 Å². The predicted molar refractivity (Wildman–Crippen MR) is 62.4 cm³/mol. The summed E-state index contributed by atoms with van der Waals surface area (Å²) in [4.78, 5) is 19.0. The highest BCUT2D eigenvalue weighted by molar-refractivity contribution is 5.93. The molecule has 0 spiro atoms. The number of rotatable bonds is 5. The monoisotopic (exact) mass is 248 g/mol. The Labute approximate surface area is 103 Å². The molecule has 0 unspecified atom stereocenters. The van der Waals surface area contributed by atoms with Crippen LogP contribution in [-0.2, 0) is 6.42 Å². The van der Waals surface area contributed by atoms with Crippen molar-refractivity contribution in [2.45, 2.75) is 13.3 Å². The number of hydrogen-bond donors (Lipinski definition) is 2. The highest BCUT2D eigenvalue weighted by Gasteiger charge is 2.11. The normalized spacial score (nSPS) is 10.3. The average Bonchev–Trinajstić information content (AvgIpc) is 2.82. The van der Waals surface area contributed by atoms with Gasteiger partial charge >= 0.3 is 5.97 Å². The van der Waals surface area contributed by atoms with Gasteiger partial charge in [0.2, 0.25) is 5.89 Å². The molecule has 0 aliphatic carbocycles. The van der Waals surface area contributed by atoms with E-state index in [4.69, 9.17) is 9.63 Å². The standard InChI is InChI=1S/C11H12N4O3/c1-7-2-3-8(11(16)17)10(15-7)12-5-4-9-13-6-14-18-9/h2-3,6H,4-5H2,1H3,(H,12,15)(H,16,17). The van der Waals surface area contributed by atoms with Crippen molar-refractivity contribution < 1.29 is 14.4 Å². The molecule has 0 aliphatic rings. The first-order chi connectivity index (χ1) is 8.66. The van der Waals surface area contributed by atoms with E-state index in [1.165, 1.54) is 12.4 Å². The summed E-state index contributed by atoms with van der Waals surface area (Å²) in [7, 11) is 0. The van der Waals surface area contributed by atoms with Crippen LogP contribution in [0.5, 0.6) is 0 Å². The van der Waals surface area contributed by atoms with Gasteiger partial charge < -0.3 is 14.9 Å². The van der Waals surface area contributed by atoms with Gasteiger partial charge in [0.15, 0.2) is 6.33 Å². The van der Waals surface area contributed by atoms with Crippen LogP contribution in [0.4, 0.5) is 5.82 Å². The van der Waals surface area contributed by atoms with Crippen LogP contribution in [0, 0.1) is 6.92 Å². The SMILES string of the molecule is Cc1ccc(C(=O)O)c(NCCc2ncno2)n1. The van der Waals surface area contributed by atoms with Crippen LogP contribution in [-0.4, -0.2) is 32.7 Å². The van der Waals surface area contributed by atoms with E-state index >= 15 is 0 Å². The van der Waals surface area contributed by atoms with Gasteiger partial charge in [-0.3, -0.25) is 0 Å². The largest absolute Gasteiger partial charge is 0.478 e. The van der Waals surface area contributed by atoms with Gasteiger partial charge in [-0.2, -0.15) is 4.98 Å². The summed E-state index contributed by atoms with van der Waals surface area (Å²) in [6.07, 6.45) is 1.83. The molecule has 2 aromatic rings. The van der Waals surface area contributed by atoms with Crippen LogP contribution in [0.1, 0.15) is 21.9 Å². The van der Waals surface area contributed by atoms with E-state index in [-0.39, 0.29) is 5.56 Å². The molecule has 2 rings (SSSR count). The van der Waals surface area contributed by atoms with E-state index in [9.17, 15) is 4.79 Å². The molecule has 0 bridgehead atoms. The van der Waals surface area contributed by atoms with Gasteiger partial charge in [0.05, 0.1) is 0 Å². The summed E-state index contributed by atoms with van der Waals surface area (Å²) < 4.78 is 4.84. The first-order valence-electron chi connectivity index (χ1n) is 5.37. The number of carboxylic acid groups (broad SMARTS) is 1. The maximum atomic E-state index is 11.0. The number of aromatic nitrogens is 3. The maximum Gasteiger partial charge on any atom is 0.339 e. The zero-order chi connectivity index (χ0) is 13.0. The second kappa shape index (κ2) is 5.26. The fraction of sp³-hybridized carbons (Fsp3) is 0.273. The van der Waals surface area contributed by atoms with Gasteiger partial charge in [-0.25, -0.2) is 9.78 Å². The molecule has 2 heterocycles. The third-order valence-electron chi connectivity index (χ3n) is 2.30. The molecule has 0 radical (unpaired) electrons. The predicted octanol–water partition coefficient (Wildman–Crippen LogP) is 1.13. The van der Waals surface area contributed by atoms with Crippen molar-refractivity contribution in [2.75, 3.05) is 11.9 Å². The van der Waals surface area contributed by atoms with Crippen LogP contribution in [0.25, 0.3) is 0 Å². The fourth-order valence-electron chi connectivity index (χ4n) is 1.46. The van der Waals surface area contributed by atoms with Gasteiger partial charge in [-0.15, -0.1) is 0 Å². The summed E-state index contributed by atoms with van der Waals surface area (Å²) in [5.74, 6) is -0.170. The van der Waals surface area contributed by atoms with Crippen LogP contribution < -0.4 is 5.32 Å². The molecule has 7 nitrogen and oxygen atoms in total. The number of hydrogen-bond acceptors (Lipinski definition) is 6. The van der Waals surface area contributed by atoms with Crippen molar-refractivity contribution in [1.82, 2.24) is 15.1 Å². The number of aryl methyl sites for hydroxylation is 1. The van der Waals surface area contributed by atoms with Crippen LogP contribution >= 0.6 is 0 Å². The third-order valence-corrected chi connectivity index (χ3v) is 2.30. The van der Waals surface area contributed by atoms with E-state index in [2.05, 4.69) is 20.4 Å². The van der Waals surface area contributed by atoms with Crippen molar-refractivity contribution in [1.29, 1.82) is 0 Å². The Morgan fingerprint density at radius 2 is 2.33 bits per heavy atom. The lowest BCUT2D eigenvalue weighted by atomic mass is 10.2. The molecule has 0 saturated heterocycles. The summed E-state index contributed by atoms with van der Waals surface area (Å²) >= 11 is 0. The Bertz CT molecular complexity index is 539. The van der Waals surface area contributed by atoms with Gasteiger partial charge in [0.1, 0.15) is 11.4 Å². The summed E-state index contributed by atoms with van der Waals surface area (Å²) in [5, 5.41) is 15.5. The molecule has 7 heteroatoms. The van der Waals surface area contributed by atoms with E-state index < -0.39 is 5.97 Å². The van der Waals surface area contributed by atoms with Crippen molar-refractivity contribution >= 4 is 11.8 Å². The Morgan fingerprint density at radius 1 is 1.50 bits per heavy atom. The first kappa shape index (κ1) is 12.0. The van der Waals surface area contributed by atoms with E-state index in [1.54, 1.807) is 13.0 Å². The fourth-order valence-corrected chi connectivity index (χ4v) is 1.46. The quantitative estimate of drug-likeness (QED) is 0.817. The number of pyridine rings is 1. The molecular weight excluding hydrogens is 236 g/mol. The summed E-state index contributed by atoms with van der Waals surface area (Å²) in [5.41, 5.74) is 0.895.